The first kappa shape index (κ1) is 21.8. The first-order valence-corrected chi connectivity index (χ1v) is 11.7. The number of hydrogen-bond donors (Lipinski definition) is 2. The van der Waals surface area contributed by atoms with E-state index in [0.29, 0.717) is 5.11 Å². The van der Waals surface area contributed by atoms with Crippen molar-refractivity contribution in [3.8, 4) is 11.1 Å². The Morgan fingerprint density at radius 1 is 0.909 bits per heavy atom. The van der Waals surface area contributed by atoms with E-state index in [1.54, 1.807) is 12.5 Å². The van der Waals surface area contributed by atoms with Gasteiger partial charge in [-0.1, -0.05) is 48.5 Å². The number of benzene rings is 2. The van der Waals surface area contributed by atoms with Gasteiger partial charge in [0.15, 0.2) is 16.7 Å². The largest absolute Gasteiger partial charge is 0.354 e. The fraction of sp³-hybridized carbons (Fsp3) is 0.320. The number of aromatic nitrogens is 2. The van der Waals surface area contributed by atoms with E-state index in [-0.39, 0.29) is 0 Å². The van der Waals surface area contributed by atoms with Gasteiger partial charge in [-0.15, -0.1) is 0 Å². The molecule has 0 unspecified atom stereocenters. The van der Waals surface area contributed by atoms with Crippen molar-refractivity contribution in [1.82, 2.24) is 9.97 Å². The summed E-state index contributed by atoms with van der Waals surface area (Å²) in [6.07, 6.45) is 5.91. The lowest BCUT2D eigenvalue weighted by atomic mass is 10.0. The summed E-state index contributed by atoms with van der Waals surface area (Å²) in [5.41, 5.74) is 3.92. The number of rotatable bonds is 4. The molecule has 0 aliphatic carbocycles. The molecule has 0 amide bonds. The summed E-state index contributed by atoms with van der Waals surface area (Å²) in [7, 11) is 0. The van der Waals surface area contributed by atoms with Crippen molar-refractivity contribution in [1.29, 1.82) is 0 Å². The van der Waals surface area contributed by atoms with Gasteiger partial charge in [0.2, 0.25) is 0 Å². The van der Waals surface area contributed by atoms with Gasteiger partial charge in [-0.25, -0.2) is 9.97 Å². The molecule has 2 aromatic carbocycles. The molecule has 2 aliphatic heterocycles. The Bertz CT molecular complexity index is 1090. The molecule has 1 aromatic heterocycles. The molecule has 7 nitrogen and oxygen atoms in total. The van der Waals surface area contributed by atoms with Crippen LogP contribution in [-0.4, -0.2) is 47.2 Å². The molecule has 0 bridgehead atoms. The molecule has 2 saturated heterocycles. The predicted molar refractivity (Wildman–Crippen MR) is 134 cm³/mol. The molecule has 3 aromatic rings. The Balaban J connectivity index is 1.28. The standard InChI is InChI=1S/C25H27N5O2S/c33-24(28-21-10-5-4-9-20(21)19-7-2-1-3-8-19)29-22-17-26-18-27-23(22)30-13-11-25(12-14-30)31-15-6-16-32-25/h1-5,7-10,17-18H,6,11-16H2,(H2,28,29,33). The molecular formula is C25H27N5O2S. The van der Waals surface area contributed by atoms with Crippen LogP contribution < -0.4 is 15.5 Å². The van der Waals surface area contributed by atoms with E-state index < -0.39 is 5.79 Å². The zero-order chi connectivity index (χ0) is 22.5. The maximum atomic E-state index is 5.97. The molecular weight excluding hydrogens is 434 g/mol. The number of para-hydroxylation sites is 1. The molecule has 8 heteroatoms. The van der Waals surface area contributed by atoms with Crippen LogP contribution in [0.5, 0.6) is 0 Å². The van der Waals surface area contributed by atoms with Gasteiger partial charge in [-0.05, 0) is 30.3 Å². The number of ether oxygens (including phenoxy) is 2. The van der Waals surface area contributed by atoms with Crippen molar-refractivity contribution < 1.29 is 9.47 Å². The van der Waals surface area contributed by atoms with Gasteiger partial charge in [-0.3, -0.25) is 0 Å². The maximum absolute atomic E-state index is 5.97. The first-order valence-electron chi connectivity index (χ1n) is 11.3. The van der Waals surface area contributed by atoms with E-state index in [2.05, 4.69) is 43.7 Å². The fourth-order valence-electron chi connectivity index (χ4n) is 4.37. The summed E-state index contributed by atoms with van der Waals surface area (Å²) in [6.45, 7) is 3.13. The molecule has 33 heavy (non-hydrogen) atoms. The number of nitrogens with zero attached hydrogens (tertiary/aromatic N) is 3. The Hall–Kier alpha value is -3.07. The Kier molecular flexibility index (Phi) is 6.48. The van der Waals surface area contributed by atoms with Crippen LogP contribution in [0.4, 0.5) is 17.2 Å². The average molecular weight is 462 g/mol. The zero-order valence-corrected chi connectivity index (χ0v) is 19.2. The number of thiocarbonyl (C=S) groups is 1. The smallest absolute Gasteiger partial charge is 0.175 e. The number of anilines is 3. The van der Waals surface area contributed by atoms with E-state index in [0.717, 1.165) is 73.9 Å². The Morgan fingerprint density at radius 2 is 1.61 bits per heavy atom. The van der Waals surface area contributed by atoms with Crippen molar-refractivity contribution in [2.75, 3.05) is 41.8 Å². The topological polar surface area (TPSA) is 71.5 Å². The highest BCUT2D eigenvalue weighted by atomic mass is 32.1. The minimum atomic E-state index is -0.437. The van der Waals surface area contributed by atoms with Gasteiger partial charge in [-0.2, -0.15) is 0 Å². The van der Waals surface area contributed by atoms with Crippen molar-refractivity contribution in [3.05, 3.63) is 67.1 Å². The van der Waals surface area contributed by atoms with Crippen molar-refractivity contribution in [2.45, 2.75) is 25.0 Å². The summed E-state index contributed by atoms with van der Waals surface area (Å²) < 4.78 is 11.9. The maximum Gasteiger partial charge on any atom is 0.175 e. The summed E-state index contributed by atoms with van der Waals surface area (Å²) in [4.78, 5) is 11.0. The van der Waals surface area contributed by atoms with E-state index in [1.807, 2.05) is 36.4 Å². The SMILES string of the molecule is S=C(Nc1ccccc1-c1ccccc1)Nc1cncnc1N1CCC2(CC1)OCCCO2. The van der Waals surface area contributed by atoms with Crippen LogP contribution in [0.15, 0.2) is 67.1 Å². The average Bonchev–Trinajstić information content (AvgIpc) is 2.86. The second-order valence-electron chi connectivity index (χ2n) is 8.20. The first-order chi connectivity index (χ1) is 16.2. The highest BCUT2D eigenvalue weighted by Crippen LogP contribution is 2.34. The van der Waals surface area contributed by atoms with Gasteiger partial charge in [0.25, 0.3) is 0 Å². The van der Waals surface area contributed by atoms with Crippen molar-refractivity contribution in [3.63, 3.8) is 0 Å². The molecule has 0 saturated carbocycles. The number of nitrogens with one attached hydrogen (secondary N) is 2. The molecule has 2 fully saturated rings. The normalized spacial score (nSPS) is 17.5. The van der Waals surface area contributed by atoms with Gasteiger partial charge < -0.3 is 25.0 Å². The molecule has 1 spiro atoms. The van der Waals surface area contributed by atoms with Gasteiger partial charge in [0, 0.05) is 37.2 Å². The van der Waals surface area contributed by atoms with Crippen LogP contribution in [0.3, 0.4) is 0 Å². The highest BCUT2D eigenvalue weighted by Gasteiger charge is 2.39. The van der Waals surface area contributed by atoms with Gasteiger partial charge >= 0.3 is 0 Å². The molecule has 2 N–H and O–H groups in total. The van der Waals surface area contributed by atoms with Crippen molar-refractivity contribution in [2.24, 2.45) is 0 Å². The van der Waals surface area contributed by atoms with E-state index in [4.69, 9.17) is 21.7 Å². The monoisotopic (exact) mass is 461 g/mol. The summed E-state index contributed by atoms with van der Waals surface area (Å²) in [5, 5.41) is 7.13. The molecule has 2 aliphatic rings. The summed E-state index contributed by atoms with van der Waals surface area (Å²) >= 11 is 5.65. The van der Waals surface area contributed by atoms with Crippen LogP contribution in [0.1, 0.15) is 19.3 Å². The number of piperidine rings is 1. The molecule has 0 atom stereocenters. The third-order valence-corrected chi connectivity index (χ3v) is 6.25. The lowest BCUT2D eigenvalue weighted by Crippen LogP contribution is -2.50. The van der Waals surface area contributed by atoms with Crippen LogP contribution in [0, 0.1) is 0 Å². The third kappa shape index (κ3) is 4.98. The molecule has 0 radical (unpaired) electrons. The van der Waals surface area contributed by atoms with Crippen LogP contribution >= 0.6 is 12.2 Å². The van der Waals surface area contributed by atoms with E-state index in [1.165, 1.54) is 0 Å². The summed E-state index contributed by atoms with van der Waals surface area (Å²) in [5.74, 6) is 0.393. The Labute approximate surface area is 199 Å². The molecule has 3 heterocycles. The van der Waals surface area contributed by atoms with Gasteiger partial charge in [0.05, 0.1) is 19.4 Å². The van der Waals surface area contributed by atoms with Crippen molar-refractivity contribution >= 4 is 34.5 Å². The predicted octanol–water partition coefficient (Wildman–Crippen LogP) is 4.69. The third-order valence-electron chi connectivity index (χ3n) is 6.04. The molecule has 170 valence electrons. The summed E-state index contributed by atoms with van der Waals surface area (Å²) in [6, 6.07) is 18.4. The lowest BCUT2D eigenvalue weighted by Gasteiger charge is -2.43. The van der Waals surface area contributed by atoms with E-state index in [9.17, 15) is 0 Å². The van der Waals surface area contributed by atoms with Gasteiger partial charge in [0.1, 0.15) is 12.0 Å². The second kappa shape index (κ2) is 9.82. The minimum Gasteiger partial charge on any atom is -0.354 e. The molecule has 5 rings (SSSR count). The fourth-order valence-corrected chi connectivity index (χ4v) is 4.59. The quantitative estimate of drug-likeness (QED) is 0.543. The minimum absolute atomic E-state index is 0.437. The highest BCUT2D eigenvalue weighted by molar-refractivity contribution is 7.80. The second-order valence-corrected chi connectivity index (χ2v) is 8.61. The van der Waals surface area contributed by atoms with Crippen LogP contribution in [0.2, 0.25) is 0 Å². The zero-order valence-electron chi connectivity index (χ0n) is 18.4. The van der Waals surface area contributed by atoms with E-state index >= 15 is 0 Å². The number of hydrogen-bond acceptors (Lipinski definition) is 6. The lowest BCUT2D eigenvalue weighted by molar-refractivity contribution is -0.275. The van der Waals surface area contributed by atoms with Crippen LogP contribution in [-0.2, 0) is 9.47 Å². The Morgan fingerprint density at radius 3 is 2.39 bits per heavy atom. The van der Waals surface area contributed by atoms with Crippen LogP contribution in [0.25, 0.3) is 11.1 Å².